The van der Waals surface area contributed by atoms with Crippen molar-refractivity contribution in [3.05, 3.63) is 78.7 Å². The summed E-state index contributed by atoms with van der Waals surface area (Å²) in [5.41, 5.74) is 1.41. The maximum absolute atomic E-state index is 13.8. The average molecular weight is 536 g/mol. The van der Waals surface area contributed by atoms with E-state index in [9.17, 15) is 9.59 Å². The Morgan fingerprint density at radius 1 is 1.16 bits per heavy atom. The number of fused-ring (bicyclic) bond motifs is 1. The number of aromatic nitrogens is 1. The lowest BCUT2D eigenvalue weighted by Gasteiger charge is -2.29. The topological polar surface area (TPSA) is 86.3 Å². The van der Waals surface area contributed by atoms with E-state index in [1.807, 2.05) is 36.4 Å². The number of benzene rings is 1. The fourth-order valence-electron chi connectivity index (χ4n) is 4.91. The molecule has 0 radical (unpaired) electrons. The van der Waals surface area contributed by atoms with Crippen molar-refractivity contribution in [2.24, 2.45) is 10.9 Å². The third-order valence-corrected chi connectivity index (χ3v) is 7.98. The number of piperidine rings is 1. The molecule has 1 aromatic carbocycles. The zero-order valence-electron chi connectivity index (χ0n) is 22.4. The summed E-state index contributed by atoms with van der Waals surface area (Å²) >= 11 is 1.28. The van der Waals surface area contributed by atoms with E-state index in [0.29, 0.717) is 32.1 Å². The van der Waals surface area contributed by atoms with Crippen LogP contribution in [0.3, 0.4) is 0 Å². The van der Waals surface area contributed by atoms with E-state index in [2.05, 4.69) is 16.8 Å². The summed E-state index contributed by atoms with van der Waals surface area (Å²) in [6.45, 7) is 9.59. The van der Waals surface area contributed by atoms with Crippen LogP contribution in [-0.2, 0) is 9.53 Å². The second-order valence-electron chi connectivity index (χ2n) is 10.2. The molecule has 0 saturated carbocycles. The van der Waals surface area contributed by atoms with Gasteiger partial charge in [0.2, 0.25) is 0 Å². The van der Waals surface area contributed by atoms with E-state index in [-0.39, 0.29) is 11.7 Å². The number of nitrogens with zero attached hydrogens (tertiary/aromatic N) is 3. The Hall–Kier alpha value is -3.59. The molecule has 5 rings (SSSR count). The van der Waals surface area contributed by atoms with Gasteiger partial charge in [0.1, 0.15) is 11.5 Å². The van der Waals surface area contributed by atoms with Gasteiger partial charge in [-0.2, -0.15) is 0 Å². The minimum atomic E-state index is -0.673. The normalized spacial score (nSPS) is 18.5. The monoisotopic (exact) mass is 535 g/mol. The first kappa shape index (κ1) is 26.0. The van der Waals surface area contributed by atoms with Crippen LogP contribution >= 0.6 is 11.3 Å². The van der Waals surface area contributed by atoms with Crippen LogP contribution in [0, 0.1) is 5.92 Å². The Kier molecular flexibility index (Phi) is 7.29. The molecule has 1 saturated heterocycles. The summed E-state index contributed by atoms with van der Waals surface area (Å²) in [6.07, 6.45) is 3.73. The standard InChI is InChI=1S/C29H33N3O5S/c1-17(2)36-28(34)25-19(4)30-29-32(26(25)20-6-8-21(35-5)9-7-20)27(33)23(38-29)16-22-10-11-24(37-22)31-14-12-18(3)13-15-31/h6-11,16-18,26H,12-15H2,1-5H3/b23-16+/t26-/m1/s1. The molecule has 0 bridgehead atoms. The lowest BCUT2D eigenvalue weighted by Crippen LogP contribution is -2.40. The largest absolute Gasteiger partial charge is 0.497 e. The molecule has 8 nitrogen and oxygen atoms in total. The van der Waals surface area contributed by atoms with E-state index in [1.165, 1.54) is 11.3 Å². The number of hydrogen-bond acceptors (Lipinski definition) is 8. The Morgan fingerprint density at radius 2 is 1.87 bits per heavy atom. The Balaban J connectivity index is 1.57. The van der Waals surface area contributed by atoms with Gasteiger partial charge < -0.3 is 18.8 Å². The highest BCUT2D eigenvalue weighted by Crippen LogP contribution is 2.32. The number of anilines is 1. The number of furan rings is 1. The number of ether oxygens (including phenoxy) is 2. The number of carbonyl (C=O) groups excluding carboxylic acids is 1. The SMILES string of the molecule is COc1ccc([C@@H]2C(C(=O)OC(C)C)=C(C)N=c3s/c(=C/c4ccc(N5CCC(C)CC5)o4)c(=O)n32)cc1. The minimum Gasteiger partial charge on any atom is -0.497 e. The third kappa shape index (κ3) is 5.07. The van der Waals surface area contributed by atoms with Crippen LogP contribution in [0.1, 0.15) is 57.9 Å². The van der Waals surface area contributed by atoms with E-state index in [0.717, 1.165) is 43.3 Å². The molecule has 2 aliphatic heterocycles. The molecule has 1 atom stereocenters. The molecule has 3 aromatic rings. The summed E-state index contributed by atoms with van der Waals surface area (Å²) in [4.78, 5) is 34.4. The van der Waals surface area contributed by atoms with Crippen LogP contribution in [0.15, 0.2) is 61.9 Å². The first-order valence-electron chi connectivity index (χ1n) is 13.0. The fraction of sp³-hybridized carbons (Fsp3) is 0.414. The molecular formula is C29H33N3O5S. The Bertz CT molecular complexity index is 1540. The van der Waals surface area contributed by atoms with Crippen molar-refractivity contribution in [3.63, 3.8) is 0 Å². The molecule has 200 valence electrons. The van der Waals surface area contributed by atoms with E-state index in [4.69, 9.17) is 13.9 Å². The van der Waals surface area contributed by atoms with E-state index < -0.39 is 12.0 Å². The molecule has 2 aliphatic rings. The lowest BCUT2D eigenvalue weighted by atomic mass is 9.96. The molecule has 0 amide bonds. The van der Waals surface area contributed by atoms with Crippen LogP contribution < -0.4 is 24.5 Å². The van der Waals surface area contributed by atoms with Crippen molar-refractivity contribution in [1.29, 1.82) is 0 Å². The van der Waals surface area contributed by atoms with Crippen molar-refractivity contribution in [3.8, 4) is 5.75 Å². The molecule has 0 spiro atoms. The Morgan fingerprint density at radius 3 is 2.53 bits per heavy atom. The predicted molar refractivity (Wildman–Crippen MR) is 147 cm³/mol. The van der Waals surface area contributed by atoms with Gasteiger partial charge in [-0.05, 0) is 63.3 Å². The predicted octanol–water partition coefficient (Wildman–Crippen LogP) is 4.02. The molecule has 9 heteroatoms. The molecule has 0 unspecified atom stereocenters. The highest BCUT2D eigenvalue weighted by Gasteiger charge is 2.34. The van der Waals surface area contributed by atoms with Gasteiger partial charge in [0, 0.05) is 25.2 Å². The van der Waals surface area contributed by atoms with Gasteiger partial charge in [0.15, 0.2) is 10.7 Å². The van der Waals surface area contributed by atoms with Crippen LogP contribution in [0.5, 0.6) is 5.75 Å². The van der Waals surface area contributed by atoms with Crippen molar-refractivity contribution in [2.75, 3.05) is 25.1 Å². The lowest BCUT2D eigenvalue weighted by molar-refractivity contribution is -0.143. The molecule has 0 aliphatic carbocycles. The van der Waals surface area contributed by atoms with Gasteiger partial charge in [-0.1, -0.05) is 30.4 Å². The number of allylic oxidation sites excluding steroid dienone is 1. The summed E-state index contributed by atoms with van der Waals surface area (Å²) in [7, 11) is 1.60. The second kappa shape index (κ2) is 10.6. The fourth-order valence-corrected chi connectivity index (χ4v) is 5.94. The van der Waals surface area contributed by atoms with Crippen LogP contribution in [-0.4, -0.2) is 36.8 Å². The molecule has 38 heavy (non-hydrogen) atoms. The quantitative estimate of drug-likeness (QED) is 0.443. The third-order valence-electron chi connectivity index (χ3n) is 7.00. The maximum Gasteiger partial charge on any atom is 0.338 e. The number of rotatable bonds is 6. The highest BCUT2D eigenvalue weighted by molar-refractivity contribution is 7.07. The van der Waals surface area contributed by atoms with Crippen molar-refractivity contribution >= 4 is 29.3 Å². The van der Waals surface area contributed by atoms with Crippen molar-refractivity contribution in [1.82, 2.24) is 4.57 Å². The van der Waals surface area contributed by atoms with E-state index in [1.54, 1.807) is 38.5 Å². The summed E-state index contributed by atoms with van der Waals surface area (Å²) in [6, 6.07) is 10.5. The minimum absolute atomic E-state index is 0.235. The van der Waals surface area contributed by atoms with Gasteiger partial charge in [-0.3, -0.25) is 9.36 Å². The molecule has 4 heterocycles. The first-order valence-corrected chi connectivity index (χ1v) is 13.8. The van der Waals surface area contributed by atoms with Gasteiger partial charge in [0.05, 0.1) is 35.1 Å². The summed E-state index contributed by atoms with van der Waals surface area (Å²) in [5.74, 6) is 2.36. The van der Waals surface area contributed by atoms with Gasteiger partial charge >= 0.3 is 5.97 Å². The van der Waals surface area contributed by atoms with Crippen LogP contribution in [0.4, 0.5) is 5.88 Å². The number of hydrogen-bond donors (Lipinski definition) is 0. The van der Waals surface area contributed by atoms with Crippen LogP contribution in [0.25, 0.3) is 6.08 Å². The number of methoxy groups -OCH3 is 1. The Labute approximate surface area is 225 Å². The molecular weight excluding hydrogens is 502 g/mol. The molecule has 0 N–H and O–H groups in total. The number of esters is 1. The summed E-state index contributed by atoms with van der Waals surface area (Å²) < 4.78 is 19.1. The number of carbonyl (C=O) groups is 1. The number of thiazole rings is 1. The first-order chi connectivity index (χ1) is 18.2. The van der Waals surface area contributed by atoms with Gasteiger partial charge in [0.25, 0.3) is 5.56 Å². The molecule has 1 fully saturated rings. The van der Waals surface area contributed by atoms with Crippen LogP contribution in [0.2, 0.25) is 0 Å². The highest BCUT2D eigenvalue weighted by atomic mass is 32.1. The maximum atomic E-state index is 13.8. The van der Waals surface area contributed by atoms with Crippen molar-refractivity contribution in [2.45, 2.75) is 52.7 Å². The van der Waals surface area contributed by atoms with Gasteiger partial charge in [-0.15, -0.1) is 0 Å². The van der Waals surface area contributed by atoms with E-state index >= 15 is 0 Å². The van der Waals surface area contributed by atoms with Gasteiger partial charge in [-0.25, -0.2) is 9.79 Å². The summed E-state index contributed by atoms with van der Waals surface area (Å²) in [5, 5.41) is 0. The zero-order valence-corrected chi connectivity index (χ0v) is 23.2. The molecule has 2 aromatic heterocycles. The smallest absolute Gasteiger partial charge is 0.338 e. The average Bonchev–Trinajstić information content (AvgIpc) is 3.47. The second-order valence-corrected chi connectivity index (χ2v) is 11.2. The zero-order chi connectivity index (χ0) is 27.0. The van der Waals surface area contributed by atoms with Crippen molar-refractivity contribution < 1.29 is 18.7 Å².